The summed E-state index contributed by atoms with van der Waals surface area (Å²) in [6.07, 6.45) is -2.86. The number of hydrogen-bond donors (Lipinski definition) is 1. The third-order valence-corrected chi connectivity index (χ3v) is 3.79. The number of hydrogen-bond acceptors (Lipinski definition) is 4. The van der Waals surface area contributed by atoms with Crippen LogP contribution >= 0.6 is 0 Å². The van der Waals surface area contributed by atoms with Crippen molar-refractivity contribution in [2.24, 2.45) is 0 Å². The third-order valence-electron chi connectivity index (χ3n) is 3.79. The highest BCUT2D eigenvalue weighted by molar-refractivity contribution is 5.26. The summed E-state index contributed by atoms with van der Waals surface area (Å²) >= 11 is 0. The maximum absolute atomic E-state index is 12.3. The summed E-state index contributed by atoms with van der Waals surface area (Å²) < 4.78 is 30.2. The summed E-state index contributed by atoms with van der Waals surface area (Å²) in [5, 5.41) is 10.0. The number of piperazine rings is 1. The van der Waals surface area contributed by atoms with E-state index in [0.29, 0.717) is 32.7 Å². The molecule has 1 aromatic carbocycles. The molecule has 1 aliphatic rings. The predicted octanol–water partition coefficient (Wildman–Crippen LogP) is 1.62. The van der Waals surface area contributed by atoms with Gasteiger partial charge in [-0.25, -0.2) is 8.78 Å². The molecular weight excluding hydrogens is 290 g/mol. The number of aryl methyl sites for hydroxylation is 1. The first kappa shape index (κ1) is 17.1. The Labute approximate surface area is 130 Å². The Morgan fingerprint density at radius 3 is 2.14 bits per heavy atom. The Hall–Kier alpha value is -1.24. The van der Waals surface area contributed by atoms with Crippen LogP contribution in [-0.4, -0.2) is 73.3 Å². The number of nitrogens with zero attached hydrogens (tertiary/aromatic N) is 2. The Kier molecular flexibility index (Phi) is 6.54. The normalized spacial score (nSPS) is 18.6. The molecule has 1 heterocycles. The standard InChI is InChI=1S/C16H24F2N2O2/c1-13-2-4-15(5-3-13)22-12-14(21)10-19-6-8-20(9-7-19)11-16(17)18/h2-5,14,16,21H,6-12H2,1H3. The van der Waals surface area contributed by atoms with Crippen molar-refractivity contribution in [2.75, 3.05) is 45.9 Å². The predicted molar refractivity (Wildman–Crippen MR) is 81.6 cm³/mol. The van der Waals surface area contributed by atoms with Gasteiger partial charge in [0.25, 0.3) is 6.43 Å². The number of β-amino-alcohol motifs (C(OH)–C–C–N with tert-alkyl or cyclic N) is 1. The van der Waals surface area contributed by atoms with Gasteiger partial charge >= 0.3 is 0 Å². The van der Waals surface area contributed by atoms with E-state index in [0.717, 1.165) is 11.3 Å². The molecule has 1 N–H and O–H groups in total. The topological polar surface area (TPSA) is 35.9 Å². The third kappa shape index (κ3) is 5.87. The van der Waals surface area contributed by atoms with Crippen molar-refractivity contribution in [3.8, 4) is 5.75 Å². The number of rotatable bonds is 7. The smallest absolute Gasteiger partial charge is 0.251 e. The highest BCUT2D eigenvalue weighted by Crippen LogP contribution is 2.12. The van der Waals surface area contributed by atoms with Gasteiger partial charge in [0.15, 0.2) is 0 Å². The number of aliphatic hydroxyl groups excluding tert-OH is 1. The average Bonchev–Trinajstić information content (AvgIpc) is 2.48. The fourth-order valence-electron chi connectivity index (χ4n) is 2.53. The molecule has 1 aromatic rings. The molecule has 1 saturated heterocycles. The Balaban J connectivity index is 1.65. The van der Waals surface area contributed by atoms with E-state index in [-0.39, 0.29) is 13.2 Å². The van der Waals surface area contributed by atoms with Gasteiger partial charge in [-0.1, -0.05) is 17.7 Å². The van der Waals surface area contributed by atoms with Gasteiger partial charge in [-0.15, -0.1) is 0 Å². The summed E-state index contributed by atoms with van der Waals surface area (Å²) in [6, 6.07) is 7.68. The Morgan fingerprint density at radius 2 is 1.59 bits per heavy atom. The molecule has 1 unspecified atom stereocenters. The number of aliphatic hydroxyl groups is 1. The van der Waals surface area contributed by atoms with Crippen LogP contribution in [0.1, 0.15) is 5.56 Å². The number of alkyl halides is 2. The molecule has 1 aliphatic heterocycles. The van der Waals surface area contributed by atoms with Crippen molar-refractivity contribution >= 4 is 0 Å². The second kappa shape index (κ2) is 8.41. The first-order valence-electron chi connectivity index (χ1n) is 7.63. The summed E-state index contributed by atoms with van der Waals surface area (Å²) in [7, 11) is 0. The van der Waals surface area contributed by atoms with Gasteiger partial charge in [0.05, 0.1) is 6.54 Å². The van der Waals surface area contributed by atoms with E-state index in [1.165, 1.54) is 0 Å². The number of ether oxygens (including phenoxy) is 1. The molecule has 0 aromatic heterocycles. The van der Waals surface area contributed by atoms with Gasteiger partial charge < -0.3 is 9.84 Å². The van der Waals surface area contributed by atoms with Crippen LogP contribution in [0.15, 0.2) is 24.3 Å². The van der Waals surface area contributed by atoms with E-state index in [1.54, 1.807) is 4.90 Å². The maximum Gasteiger partial charge on any atom is 0.251 e. The fraction of sp³-hybridized carbons (Fsp3) is 0.625. The molecule has 1 fully saturated rings. The lowest BCUT2D eigenvalue weighted by atomic mass is 10.2. The first-order valence-corrected chi connectivity index (χ1v) is 7.63. The Bertz CT molecular complexity index is 434. The minimum absolute atomic E-state index is 0.160. The van der Waals surface area contributed by atoms with Crippen LogP contribution in [0.4, 0.5) is 8.78 Å². The molecule has 0 saturated carbocycles. The largest absolute Gasteiger partial charge is 0.491 e. The van der Waals surface area contributed by atoms with E-state index in [9.17, 15) is 13.9 Å². The minimum atomic E-state index is -2.28. The van der Waals surface area contributed by atoms with E-state index in [2.05, 4.69) is 4.90 Å². The molecule has 1 atom stereocenters. The fourth-order valence-corrected chi connectivity index (χ4v) is 2.53. The molecule has 124 valence electrons. The van der Waals surface area contributed by atoms with Crippen molar-refractivity contribution in [2.45, 2.75) is 19.5 Å². The molecule has 0 amide bonds. The molecular formula is C16H24F2N2O2. The zero-order valence-electron chi connectivity index (χ0n) is 12.9. The molecule has 0 spiro atoms. The highest BCUT2D eigenvalue weighted by Gasteiger charge is 2.21. The molecule has 0 bridgehead atoms. The monoisotopic (exact) mass is 314 g/mol. The van der Waals surface area contributed by atoms with Crippen molar-refractivity contribution < 1.29 is 18.6 Å². The van der Waals surface area contributed by atoms with Crippen LogP contribution in [0.2, 0.25) is 0 Å². The molecule has 22 heavy (non-hydrogen) atoms. The zero-order valence-corrected chi connectivity index (χ0v) is 12.9. The van der Waals surface area contributed by atoms with E-state index >= 15 is 0 Å². The van der Waals surface area contributed by atoms with Crippen LogP contribution in [0.5, 0.6) is 5.75 Å². The summed E-state index contributed by atoms with van der Waals surface area (Å²) in [5.74, 6) is 0.742. The first-order chi connectivity index (χ1) is 10.5. The summed E-state index contributed by atoms with van der Waals surface area (Å²) in [6.45, 7) is 5.24. The van der Waals surface area contributed by atoms with Gasteiger partial charge in [0.1, 0.15) is 18.5 Å². The summed E-state index contributed by atoms with van der Waals surface area (Å²) in [5.41, 5.74) is 1.16. The molecule has 0 aliphatic carbocycles. The van der Waals surface area contributed by atoms with Crippen LogP contribution in [0, 0.1) is 6.92 Å². The molecule has 0 radical (unpaired) electrons. The van der Waals surface area contributed by atoms with Gasteiger partial charge in [-0.05, 0) is 19.1 Å². The van der Waals surface area contributed by atoms with Crippen molar-refractivity contribution in [1.82, 2.24) is 9.80 Å². The molecule has 6 heteroatoms. The minimum Gasteiger partial charge on any atom is -0.491 e. The molecule has 2 rings (SSSR count). The van der Waals surface area contributed by atoms with Crippen LogP contribution in [0.3, 0.4) is 0 Å². The lowest BCUT2D eigenvalue weighted by Gasteiger charge is -2.35. The van der Waals surface area contributed by atoms with Gasteiger partial charge in [-0.3, -0.25) is 9.80 Å². The second-order valence-electron chi connectivity index (χ2n) is 5.77. The zero-order chi connectivity index (χ0) is 15.9. The lowest BCUT2D eigenvalue weighted by Crippen LogP contribution is -2.50. The Morgan fingerprint density at radius 1 is 1.05 bits per heavy atom. The van der Waals surface area contributed by atoms with Crippen LogP contribution < -0.4 is 4.74 Å². The molecule has 4 nitrogen and oxygen atoms in total. The highest BCUT2D eigenvalue weighted by atomic mass is 19.3. The average molecular weight is 314 g/mol. The number of halogens is 2. The van der Waals surface area contributed by atoms with E-state index < -0.39 is 12.5 Å². The van der Waals surface area contributed by atoms with E-state index in [4.69, 9.17) is 4.74 Å². The lowest BCUT2D eigenvalue weighted by molar-refractivity contribution is 0.0270. The van der Waals surface area contributed by atoms with Gasteiger partial charge in [-0.2, -0.15) is 0 Å². The quantitative estimate of drug-likeness (QED) is 0.830. The van der Waals surface area contributed by atoms with E-state index in [1.807, 2.05) is 31.2 Å². The summed E-state index contributed by atoms with van der Waals surface area (Å²) in [4.78, 5) is 3.85. The second-order valence-corrected chi connectivity index (χ2v) is 5.77. The maximum atomic E-state index is 12.3. The van der Waals surface area contributed by atoms with Crippen LogP contribution in [-0.2, 0) is 0 Å². The number of benzene rings is 1. The van der Waals surface area contributed by atoms with Crippen LogP contribution in [0.25, 0.3) is 0 Å². The van der Waals surface area contributed by atoms with Crippen molar-refractivity contribution in [1.29, 1.82) is 0 Å². The SMILES string of the molecule is Cc1ccc(OCC(O)CN2CCN(CC(F)F)CC2)cc1. The van der Waals surface area contributed by atoms with Crippen molar-refractivity contribution in [3.63, 3.8) is 0 Å². The van der Waals surface area contributed by atoms with Gasteiger partial charge in [0.2, 0.25) is 0 Å². The van der Waals surface area contributed by atoms with Gasteiger partial charge in [0, 0.05) is 32.7 Å². The van der Waals surface area contributed by atoms with Crippen molar-refractivity contribution in [3.05, 3.63) is 29.8 Å².